The topological polar surface area (TPSA) is 21.3 Å². The van der Waals surface area contributed by atoms with Gasteiger partial charge in [0.15, 0.2) is 0 Å². The minimum Gasteiger partial charge on any atom is -0.495 e. The molecule has 0 saturated carbocycles. The lowest BCUT2D eigenvalue weighted by Crippen LogP contribution is -2.22. The third-order valence-corrected chi connectivity index (χ3v) is 3.65. The zero-order chi connectivity index (χ0) is 14.5. The van der Waals surface area contributed by atoms with Crippen LogP contribution in [0.1, 0.15) is 24.1 Å². The van der Waals surface area contributed by atoms with Gasteiger partial charge in [-0.2, -0.15) is 0 Å². The average molecular weight is 310 g/mol. The van der Waals surface area contributed by atoms with Crippen LogP contribution in [0.4, 0.5) is 0 Å². The van der Waals surface area contributed by atoms with Crippen LogP contribution >= 0.6 is 23.2 Å². The highest BCUT2D eigenvalue weighted by molar-refractivity contribution is 6.32. The van der Waals surface area contributed by atoms with Crippen LogP contribution < -0.4 is 10.1 Å². The van der Waals surface area contributed by atoms with E-state index in [0.29, 0.717) is 10.8 Å². The van der Waals surface area contributed by atoms with Crippen molar-refractivity contribution in [2.24, 2.45) is 0 Å². The predicted molar refractivity (Wildman–Crippen MR) is 85.0 cm³/mol. The molecule has 20 heavy (non-hydrogen) atoms. The highest BCUT2D eigenvalue weighted by atomic mass is 35.5. The van der Waals surface area contributed by atoms with E-state index < -0.39 is 0 Å². The summed E-state index contributed by atoms with van der Waals surface area (Å²) >= 11 is 12.2. The van der Waals surface area contributed by atoms with Gasteiger partial charge in [-0.1, -0.05) is 48.3 Å². The monoisotopic (exact) mass is 309 g/mol. The Morgan fingerprint density at radius 1 is 1.10 bits per heavy atom. The van der Waals surface area contributed by atoms with Gasteiger partial charge in [0.1, 0.15) is 5.75 Å². The third kappa shape index (κ3) is 3.45. The van der Waals surface area contributed by atoms with Crippen LogP contribution in [0.3, 0.4) is 0 Å². The molecule has 0 aromatic heterocycles. The van der Waals surface area contributed by atoms with Crippen molar-refractivity contribution in [2.75, 3.05) is 13.7 Å². The quantitative estimate of drug-likeness (QED) is 0.864. The first-order valence-electron chi connectivity index (χ1n) is 6.48. The molecule has 1 unspecified atom stereocenters. The number of hydrogen-bond acceptors (Lipinski definition) is 2. The lowest BCUT2D eigenvalue weighted by molar-refractivity contribution is 0.414. The first-order chi connectivity index (χ1) is 9.65. The molecule has 4 heteroatoms. The van der Waals surface area contributed by atoms with Crippen LogP contribution in [0, 0.1) is 0 Å². The Hall–Kier alpha value is -1.22. The van der Waals surface area contributed by atoms with Gasteiger partial charge in [0, 0.05) is 5.02 Å². The summed E-state index contributed by atoms with van der Waals surface area (Å²) in [5.41, 5.74) is 2.21. The Labute approximate surface area is 129 Å². The van der Waals surface area contributed by atoms with Gasteiger partial charge in [0.25, 0.3) is 0 Å². The Kier molecular flexibility index (Phi) is 5.30. The van der Waals surface area contributed by atoms with Crippen molar-refractivity contribution in [3.63, 3.8) is 0 Å². The van der Waals surface area contributed by atoms with Crippen molar-refractivity contribution >= 4 is 23.2 Å². The summed E-state index contributed by atoms with van der Waals surface area (Å²) in [6.45, 7) is 2.92. The summed E-state index contributed by atoms with van der Waals surface area (Å²) in [6.07, 6.45) is 0. The Morgan fingerprint density at radius 2 is 1.85 bits per heavy atom. The molecule has 0 radical (unpaired) electrons. The number of methoxy groups -OCH3 is 1. The number of hydrogen-bond donors (Lipinski definition) is 1. The van der Waals surface area contributed by atoms with E-state index in [1.54, 1.807) is 7.11 Å². The fourth-order valence-electron chi connectivity index (χ4n) is 2.17. The lowest BCUT2D eigenvalue weighted by Gasteiger charge is -2.20. The number of halogens is 2. The molecule has 0 spiro atoms. The van der Waals surface area contributed by atoms with Gasteiger partial charge < -0.3 is 10.1 Å². The molecule has 0 amide bonds. The fourth-order valence-corrected chi connectivity index (χ4v) is 2.57. The molecule has 1 N–H and O–H groups in total. The number of ether oxygens (including phenoxy) is 1. The molecule has 0 aliphatic rings. The highest BCUT2D eigenvalue weighted by Crippen LogP contribution is 2.31. The van der Waals surface area contributed by atoms with E-state index in [0.717, 1.165) is 22.7 Å². The number of nitrogens with one attached hydrogen (secondary N) is 1. The standard InChI is InChI=1S/C16H17Cl2NO/c1-3-19-16(11-5-4-6-13(17)9-11)12-7-8-14(18)15(10-12)20-2/h4-10,16,19H,3H2,1-2H3. The molecule has 0 saturated heterocycles. The molecule has 0 fully saturated rings. The van der Waals surface area contributed by atoms with Crippen molar-refractivity contribution in [1.82, 2.24) is 5.32 Å². The summed E-state index contributed by atoms with van der Waals surface area (Å²) in [5.74, 6) is 0.675. The maximum atomic E-state index is 6.09. The summed E-state index contributed by atoms with van der Waals surface area (Å²) < 4.78 is 5.29. The summed E-state index contributed by atoms with van der Waals surface area (Å²) in [6, 6.07) is 13.7. The molecule has 0 heterocycles. The second kappa shape index (κ2) is 6.98. The Bertz CT molecular complexity index is 586. The molecule has 0 aliphatic carbocycles. The van der Waals surface area contributed by atoms with Gasteiger partial charge in [0.05, 0.1) is 18.2 Å². The normalized spacial score (nSPS) is 12.2. The molecule has 2 nitrogen and oxygen atoms in total. The first kappa shape index (κ1) is 15.2. The fraction of sp³-hybridized carbons (Fsp3) is 0.250. The Balaban J connectivity index is 2.42. The van der Waals surface area contributed by atoms with Crippen LogP contribution in [-0.4, -0.2) is 13.7 Å². The number of rotatable bonds is 5. The van der Waals surface area contributed by atoms with E-state index in [4.69, 9.17) is 27.9 Å². The second-order valence-electron chi connectivity index (χ2n) is 4.44. The van der Waals surface area contributed by atoms with Gasteiger partial charge in [-0.15, -0.1) is 0 Å². The second-order valence-corrected chi connectivity index (χ2v) is 5.28. The average Bonchev–Trinajstić information content (AvgIpc) is 2.45. The predicted octanol–water partition coefficient (Wildman–Crippen LogP) is 4.70. The highest BCUT2D eigenvalue weighted by Gasteiger charge is 2.15. The van der Waals surface area contributed by atoms with Crippen molar-refractivity contribution in [1.29, 1.82) is 0 Å². The van der Waals surface area contributed by atoms with Crippen molar-refractivity contribution < 1.29 is 4.74 Å². The zero-order valence-electron chi connectivity index (χ0n) is 11.5. The molecule has 2 aromatic carbocycles. The van der Waals surface area contributed by atoms with Gasteiger partial charge in [-0.05, 0) is 41.9 Å². The van der Waals surface area contributed by atoms with Gasteiger partial charge >= 0.3 is 0 Å². The van der Waals surface area contributed by atoms with E-state index in [1.807, 2.05) is 36.4 Å². The van der Waals surface area contributed by atoms with Crippen molar-refractivity contribution in [3.05, 3.63) is 63.6 Å². The van der Waals surface area contributed by atoms with Gasteiger partial charge in [-0.25, -0.2) is 0 Å². The summed E-state index contributed by atoms with van der Waals surface area (Å²) in [5, 5.41) is 4.79. The maximum absolute atomic E-state index is 6.09. The van der Waals surface area contributed by atoms with Gasteiger partial charge in [0.2, 0.25) is 0 Å². The van der Waals surface area contributed by atoms with Crippen LogP contribution in [-0.2, 0) is 0 Å². The van der Waals surface area contributed by atoms with E-state index in [1.165, 1.54) is 0 Å². The molecule has 0 bridgehead atoms. The minimum atomic E-state index is 0.0601. The van der Waals surface area contributed by atoms with Crippen LogP contribution in [0.25, 0.3) is 0 Å². The van der Waals surface area contributed by atoms with Crippen molar-refractivity contribution in [3.8, 4) is 5.75 Å². The summed E-state index contributed by atoms with van der Waals surface area (Å²) in [4.78, 5) is 0. The maximum Gasteiger partial charge on any atom is 0.137 e. The van der Waals surface area contributed by atoms with E-state index in [2.05, 4.69) is 18.3 Å². The lowest BCUT2D eigenvalue weighted by atomic mass is 9.98. The number of benzene rings is 2. The van der Waals surface area contributed by atoms with Crippen LogP contribution in [0.15, 0.2) is 42.5 Å². The molecular formula is C16H17Cl2NO. The van der Waals surface area contributed by atoms with Crippen LogP contribution in [0.5, 0.6) is 5.75 Å². The molecule has 0 aliphatic heterocycles. The van der Waals surface area contributed by atoms with Crippen LogP contribution in [0.2, 0.25) is 10.0 Å². The van der Waals surface area contributed by atoms with E-state index in [-0.39, 0.29) is 6.04 Å². The minimum absolute atomic E-state index is 0.0601. The smallest absolute Gasteiger partial charge is 0.137 e. The van der Waals surface area contributed by atoms with E-state index in [9.17, 15) is 0 Å². The molecular weight excluding hydrogens is 293 g/mol. The Morgan fingerprint density at radius 3 is 2.50 bits per heavy atom. The molecule has 106 valence electrons. The molecule has 1 atom stereocenters. The molecule has 2 rings (SSSR count). The zero-order valence-corrected chi connectivity index (χ0v) is 13.0. The first-order valence-corrected chi connectivity index (χ1v) is 7.23. The molecule has 2 aromatic rings. The van der Waals surface area contributed by atoms with Gasteiger partial charge in [-0.3, -0.25) is 0 Å². The third-order valence-electron chi connectivity index (χ3n) is 3.10. The summed E-state index contributed by atoms with van der Waals surface area (Å²) in [7, 11) is 1.62. The van der Waals surface area contributed by atoms with Crippen molar-refractivity contribution in [2.45, 2.75) is 13.0 Å². The van der Waals surface area contributed by atoms with E-state index >= 15 is 0 Å². The SMILES string of the molecule is CCNC(c1cccc(Cl)c1)c1ccc(Cl)c(OC)c1. The largest absolute Gasteiger partial charge is 0.495 e.